The number of carbonyl (C=O) groups is 1. The van der Waals surface area contributed by atoms with Crippen molar-refractivity contribution >= 4 is 16.1 Å². The van der Waals surface area contributed by atoms with Gasteiger partial charge in [-0.3, -0.25) is 9.69 Å². The zero-order chi connectivity index (χ0) is 17.9. The molecule has 1 aliphatic rings. The van der Waals surface area contributed by atoms with E-state index >= 15 is 0 Å². The number of amides is 1. The van der Waals surface area contributed by atoms with Gasteiger partial charge in [0.05, 0.1) is 12.1 Å². The van der Waals surface area contributed by atoms with Crippen molar-refractivity contribution in [3.8, 4) is 0 Å². The van der Waals surface area contributed by atoms with Gasteiger partial charge in [-0.05, 0) is 26.1 Å². The lowest BCUT2D eigenvalue weighted by Crippen LogP contribution is -2.52. The van der Waals surface area contributed by atoms with Crippen LogP contribution in [0.25, 0.3) is 0 Å². The third-order valence-electron chi connectivity index (χ3n) is 4.36. The topological polar surface area (TPSA) is 100 Å². The largest absolute Gasteiger partial charge is 0.464 e. The average molecular weight is 358 g/mol. The summed E-state index contributed by atoms with van der Waals surface area (Å²) in [5.74, 6) is 1.23. The molecule has 1 amide bonds. The molecule has 0 spiro atoms. The summed E-state index contributed by atoms with van der Waals surface area (Å²) in [6, 6.07) is 1.79. The number of hydrogen-bond donors (Lipinski definition) is 1. The van der Waals surface area contributed by atoms with Crippen LogP contribution in [-0.4, -0.2) is 67.7 Å². The maximum Gasteiger partial charge on any atom is 0.277 e. The van der Waals surface area contributed by atoms with Crippen LogP contribution in [0.5, 0.6) is 0 Å². The van der Waals surface area contributed by atoms with E-state index in [-0.39, 0.29) is 19.0 Å². The van der Waals surface area contributed by atoms with Crippen LogP contribution in [0.4, 0.5) is 0 Å². The Morgan fingerprint density at radius 3 is 2.33 bits per heavy atom. The van der Waals surface area contributed by atoms with Gasteiger partial charge in [-0.25, -0.2) is 5.14 Å². The molecule has 2 rings (SSSR count). The van der Waals surface area contributed by atoms with Crippen LogP contribution >= 0.6 is 0 Å². The van der Waals surface area contributed by atoms with Gasteiger partial charge in [-0.2, -0.15) is 12.7 Å². The Kier molecular flexibility index (Phi) is 6.02. The molecule has 0 bridgehead atoms. The van der Waals surface area contributed by atoms with Gasteiger partial charge < -0.3 is 9.32 Å². The molecule has 136 valence electrons. The smallest absolute Gasteiger partial charge is 0.277 e. The Morgan fingerprint density at radius 2 is 1.83 bits per heavy atom. The zero-order valence-electron chi connectivity index (χ0n) is 14.5. The first-order valence-corrected chi connectivity index (χ1v) is 9.65. The number of hydrogen-bond acceptors (Lipinski definition) is 5. The molecule has 1 aliphatic heterocycles. The molecular weight excluding hydrogens is 332 g/mol. The van der Waals surface area contributed by atoms with Gasteiger partial charge in [0, 0.05) is 26.2 Å². The monoisotopic (exact) mass is 358 g/mol. The first-order chi connectivity index (χ1) is 11.3. The molecule has 8 nitrogen and oxygen atoms in total. The first-order valence-electron chi connectivity index (χ1n) is 8.15. The molecule has 9 heteroatoms. The van der Waals surface area contributed by atoms with Crippen molar-refractivity contribution in [1.29, 1.82) is 0 Å². The van der Waals surface area contributed by atoms with E-state index in [4.69, 9.17) is 9.56 Å². The summed E-state index contributed by atoms with van der Waals surface area (Å²) in [6.07, 6.45) is 0. The van der Waals surface area contributed by atoms with E-state index in [1.54, 1.807) is 17.9 Å². The third-order valence-corrected chi connectivity index (χ3v) is 5.44. The number of furan rings is 1. The third kappa shape index (κ3) is 4.35. The molecular formula is C15H26N4O4S. The lowest BCUT2D eigenvalue weighted by molar-refractivity contribution is 0.0696. The Balaban J connectivity index is 2.04. The molecule has 1 aromatic rings. The molecule has 1 saturated heterocycles. The standard InChI is InChI=1S/C15H26N4O4S/c1-4-17(5-2)11-13-10-14(12(3)23-13)15(20)18-6-8-19(9-7-18)24(16,21)22/h10H,4-9,11H2,1-3H3,(H2,16,21,22). The van der Waals surface area contributed by atoms with Crippen LogP contribution in [0.1, 0.15) is 35.7 Å². The summed E-state index contributed by atoms with van der Waals surface area (Å²) in [6.45, 7) is 9.51. The van der Waals surface area contributed by atoms with Crippen LogP contribution in [0.3, 0.4) is 0 Å². The summed E-state index contributed by atoms with van der Waals surface area (Å²) in [5, 5.41) is 5.12. The second-order valence-corrected chi connectivity index (χ2v) is 7.43. The predicted molar refractivity (Wildman–Crippen MR) is 90.7 cm³/mol. The number of nitrogens with two attached hydrogens (primary N) is 1. The van der Waals surface area contributed by atoms with Gasteiger partial charge in [-0.1, -0.05) is 13.8 Å². The maximum absolute atomic E-state index is 12.7. The fourth-order valence-corrected chi connectivity index (χ4v) is 3.49. The Hall–Kier alpha value is -1.42. The summed E-state index contributed by atoms with van der Waals surface area (Å²) < 4.78 is 29.6. The van der Waals surface area contributed by atoms with Crippen molar-refractivity contribution in [3.05, 3.63) is 23.2 Å². The van der Waals surface area contributed by atoms with E-state index in [0.29, 0.717) is 31.0 Å². The van der Waals surface area contributed by atoms with E-state index in [2.05, 4.69) is 18.7 Å². The molecule has 2 heterocycles. The van der Waals surface area contributed by atoms with Gasteiger partial charge in [0.1, 0.15) is 11.5 Å². The number of piperazine rings is 1. The number of carbonyl (C=O) groups excluding carboxylic acids is 1. The lowest BCUT2D eigenvalue weighted by Gasteiger charge is -2.32. The highest BCUT2D eigenvalue weighted by atomic mass is 32.2. The minimum absolute atomic E-state index is 0.129. The Morgan fingerprint density at radius 1 is 1.25 bits per heavy atom. The van der Waals surface area contributed by atoms with Crippen LogP contribution in [-0.2, 0) is 16.8 Å². The molecule has 1 fully saturated rings. The molecule has 0 unspecified atom stereocenters. The SMILES string of the molecule is CCN(CC)Cc1cc(C(=O)N2CCN(S(N)(=O)=O)CC2)c(C)o1. The van der Waals surface area contributed by atoms with E-state index in [0.717, 1.165) is 18.8 Å². The van der Waals surface area contributed by atoms with Gasteiger partial charge in [0.2, 0.25) is 0 Å². The van der Waals surface area contributed by atoms with Gasteiger partial charge in [-0.15, -0.1) is 0 Å². The highest BCUT2D eigenvalue weighted by Crippen LogP contribution is 2.19. The van der Waals surface area contributed by atoms with Crippen molar-refractivity contribution in [2.75, 3.05) is 39.3 Å². The average Bonchev–Trinajstić information content (AvgIpc) is 2.91. The van der Waals surface area contributed by atoms with Crippen LogP contribution in [0, 0.1) is 6.92 Å². The quantitative estimate of drug-likeness (QED) is 0.793. The van der Waals surface area contributed by atoms with Crippen LogP contribution < -0.4 is 5.14 Å². The minimum atomic E-state index is -3.69. The molecule has 0 saturated carbocycles. The summed E-state index contributed by atoms with van der Waals surface area (Å²) in [4.78, 5) is 16.5. The molecule has 0 atom stereocenters. The van der Waals surface area contributed by atoms with Crippen molar-refractivity contribution in [2.45, 2.75) is 27.3 Å². The Labute approximate surface area is 143 Å². The van der Waals surface area contributed by atoms with E-state index in [1.165, 1.54) is 4.31 Å². The molecule has 2 N–H and O–H groups in total. The molecule has 0 radical (unpaired) electrons. The minimum Gasteiger partial charge on any atom is -0.464 e. The summed E-state index contributed by atoms with van der Waals surface area (Å²) >= 11 is 0. The zero-order valence-corrected chi connectivity index (χ0v) is 15.3. The highest BCUT2D eigenvalue weighted by Gasteiger charge is 2.28. The molecule has 0 aliphatic carbocycles. The lowest BCUT2D eigenvalue weighted by atomic mass is 10.2. The normalized spacial score (nSPS) is 16.8. The van der Waals surface area contributed by atoms with E-state index < -0.39 is 10.2 Å². The summed E-state index contributed by atoms with van der Waals surface area (Å²) in [5.41, 5.74) is 0.543. The molecule has 1 aromatic heterocycles. The van der Waals surface area contributed by atoms with Gasteiger partial charge in [0.25, 0.3) is 16.1 Å². The van der Waals surface area contributed by atoms with Gasteiger partial charge >= 0.3 is 0 Å². The fraction of sp³-hybridized carbons (Fsp3) is 0.667. The second-order valence-electron chi connectivity index (χ2n) is 5.88. The van der Waals surface area contributed by atoms with Crippen molar-refractivity contribution in [1.82, 2.24) is 14.1 Å². The van der Waals surface area contributed by atoms with Crippen molar-refractivity contribution in [3.63, 3.8) is 0 Å². The first kappa shape index (κ1) is 18.9. The number of nitrogens with zero attached hydrogens (tertiary/aromatic N) is 3. The predicted octanol–water partition coefficient (Wildman–Crippen LogP) is 0.391. The Bertz CT molecular complexity index is 674. The molecule has 0 aromatic carbocycles. The maximum atomic E-state index is 12.7. The number of rotatable bonds is 6. The fourth-order valence-electron chi connectivity index (χ4n) is 2.82. The highest BCUT2D eigenvalue weighted by molar-refractivity contribution is 7.86. The van der Waals surface area contributed by atoms with Crippen molar-refractivity contribution < 1.29 is 17.6 Å². The summed E-state index contributed by atoms with van der Waals surface area (Å²) in [7, 11) is -3.69. The van der Waals surface area contributed by atoms with Crippen LogP contribution in [0.2, 0.25) is 0 Å². The van der Waals surface area contributed by atoms with Crippen molar-refractivity contribution in [2.24, 2.45) is 5.14 Å². The number of aryl methyl sites for hydroxylation is 1. The van der Waals surface area contributed by atoms with E-state index in [1.807, 2.05) is 0 Å². The van der Waals surface area contributed by atoms with Crippen LogP contribution in [0.15, 0.2) is 10.5 Å². The molecule has 24 heavy (non-hydrogen) atoms. The van der Waals surface area contributed by atoms with E-state index in [9.17, 15) is 13.2 Å². The second kappa shape index (κ2) is 7.64. The van der Waals surface area contributed by atoms with Gasteiger partial charge in [0.15, 0.2) is 0 Å².